The van der Waals surface area contributed by atoms with E-state index in [0.29, 0.717) is 19.6 Å². The van der Waals surface area contributed by atoms with Crippen molar-refractivity contribution in [2.24, 2.45) is 0 Å². The van der Waals surface area contributed by atoms with E-state index in [1.807, 2.05) is 49.2 Å². The molecule has 1 aromatic heterocycles. The molecular weight excluding hydrogens is 302 g/mol. The molecule has 0 saturated heterocycles. The molecule has 5 nitrogen and oxygen atoms in total. The Bertz CT molecular complexity index is 610. The van der Waals surface area contributed by atoms with E-state index in [2.05, 4.69) is 10.5 Å². The molecule has 2 rings (SSSR count). The van der Waals surface area contributed by atoms with Crippen molar-refractivity contribution in [3.63, 3.8) is 0 Å². The Morgan fingerprint density at radius 1 is 1.36 bits per heavy atom. The summed E-state index contributed by atoms with van der Waals surface area (Å²) in [4.78, 5) is 13.8. The summed E-state index contributed by atoms with van der Waals surface area (Å²) >= 11 is 5.83. The van der Waals surface area contributed by atoms with Crippen LogP contribution in [-0.4, -0.2) is 36.1 Å². The van der Waals surface area contributed by atoms with Crippen molar-refractivity contribution in [2.75, 3.05) is 20.1 Å². The van der Waals surface area contributed by atoms with Crippen molar-refractivity contribution < 1.29 is 9.32 Å². The second kappa shape index (κ2) is 7.96. The molecule has 0 bridgehead atoms. The number of amides is 1. The third kappa shape index (κ3) is 5.50. The Hall–Kier alpha value is -1.85. The van der Waals surface area contributed by atoms with Crippen LogP contribution in [0.25, 0.3) is 0 Å². The molecule has 0 fully saturated rings. The lowest BCUT2D eigenvalue weighted by Crippen LogP contribution is -2.35. The van der Waals surface area contributed by atoms with Gasteiger partial charge in [-0.25, -0.2) is 0 Å². The van der Waals surface area contributed by atoms with Crippen LogP contribution in [0.3, 0.4) is 0 Å². The largest absolute Gasteiger partial charge is 0.361 e. The van der Waals surface area contributed by atoms with Gasteiger partial charge >= 0.3 is 0 Å². The molecule has 118 valence electrons. The Labute approximate surface area is 135 Å². The van der Waals surface area contributed by atoms with Crippen molar-refractivity contribution in [2.45, 2.75) is 19.9 Å². The summed E-state index contributed by atoms with van der Waals surface area (Å²) in [5.74, 6) is 0.771. The summed E-state index contributed by atoms with van der Waals surface area (Å²) in [6.45, 7) is 3.37. The molecule has 1 amide bonds. The van der Waals surface area contributed by atoms with Gasteiger partial charge < -0.3 is 9.84 Å². The number of aromatic nitrogens is 1. The molecule has 22 heavy (non-hydrogen) atoms. The number of halogens is 1. The van der Waals surface area contributed by atoms with Crippen molar-refractivity contribution in [1.82, 2.24) is 15.4 Å². The van der Waals surface area contributed by atoms with Gasteiger partial charge in [-0.1, -0.05) is 28.9 Å². The standard InChI is InChI=1S/C16H20ClN3O2/c1-12-9-15(19-22-12)10-20(2)11-16(21)18-8-7-13-3-5-14(17)6-4-13/h3-6,9H,7-8,10-11H2,1-2H3,(H,18,21). The molecule has 6 heteroatoms. The first-order valence-corrected chi connectivity index (χ1v) is 7.52. The van der Waals surface area contributed by atoms with E-state index in [-0.39, 0.29) is 5.91 Å². The van der Waals surface area contributed by atoms with Crippen LogP contribution in [0.15, 0.2) is 34.9 Å². The lowest BCUT2D eigenvalue weighted by Gasteiger charge is -2.14. The van der Waals surface area contributed by atoms with E-state index in [1.165, 1.54) is 0 Å². The summed E-state index contributed by atoms with van der Waals surface area (Å²) in [7, 11) is 1.88. The van der Waals surface area contributed by atoms with Gasteiger partial charge in [-0.2, -0.15) is 0 Å². The minimum atomic E-state index is -0.00307. The number of hydrogen-bond acceptors (Lipinski definition) is 4. The fraction of sp³-hybridized carbons (Fsp3) is 0.375. The van der Waals surface area contributed by atoms with Gasteiger partial charge in [-0.3, -0.25) is 9.69 Å². The van der Waals surface area contributed by atoms with E-state index >= 15 is 0 Å². The number of carbonyl (C=O) groups excluding carboxylic acids is 1. The van der Waals surface area contributed by atoms with Crippen LogP contribution in [0, 0.1) is 6.92 Å². The normalized spacial score (nSPS) is 10.9. The lowest BCUT2D eigenvalue weighted by atomic mass is 10.1. The summed E-state index contributed by atoms with van der Waals surface area (Å²) < 4.78 is 5.01. The average molecular weight is 322 g/mol. The van der Waals surface area contributed by atoms with E-state index in [1.54, 1.807) is 0 Å². The maximum atomic E-state index is 11.9. The molecular formula is C16H20ClN3O2. The maximum absolute atomic E-state index is 11.9. The van der Waals surface area contributed by atoms with Gasteiger partial charge in [-0.05, 0) is 38.1 Å². The molecule has 0 aliphatic rings. The van der Waals surface area contributed by atoms with Crippen molar-refractivity contribution in [1.29, 1.82) is 0 Å². The van der Waals surface area contributed by atoms with Gasteiger partial charge in [-0.15, -0.1) is 0 Å². The number of benzene rings is 1. The zero-order valence-electron chi connectivity index (χ0n) is 12.8. The van der Waals surface area contributed by atoms with E-state index in [4.69, 9.17) is 16.1 Å². The van der Waals surface area contributed by atoms with Crippen LogP contribution in [0.2, 0.25) is 5.02 Å². The number of likely N-dealkylation sites (N-methyl/N-ethyl adjacent to an activating group) is 1. The van der Waals surface area contributed by atoms with Gasteiger partial charge in [0.15, 0.2) is 0 Å². The van der Waals surface area contributed by atoms with Crippen LogP contribution < -0.4 is 5.32 Å². The highest BCUT2D eigenvalue weighted by Gasteiger charge is 2.09. The van der Waals surface area contributed by atoms with Gasteiger partial charge in [0, 0.05) is 24.2 Å². The second-order valence-electron chi connectivity index (χ2n) is 5.33. The molecule has 0 saturated carbocycles. The fourth-order valence-electron chi connectivity index (χ4n) is 2.12. The third-order valence-corrected chi connectivity index (χ3v) is 3.42. The van der Waals surface area contributed by atoms with E-state index < -0.39 is 0 Å². The van der Waals surface area contributed by atoms with Crippen LogP contribution >= 0.6 is 11.6 Å². The van der Waals surface area contributed by atoms with E-state index in [0.717, 1.165) is 28.5 Å². The Balaban J connectivity index is 1.67. The molecule has 0 spiro atoms. The summed E-state index contributed by atoms with van der Waals surface area (Å²) in [5.41, 5.74) is 1.98. The number of hydrogen-bond donors (Lipinski definition) is 1. The highest BCUT2D eigenvalue weighted by molar-refractivity contribution is 6.30. The fourth-order valence-corrected chi connectivity index (χ4v) is 2.25. The number of rotatable bonds is 7. The van der Waals surface area contributed by atoms with Crippen LogP contribution in [-0.2, 0) is 17.8 Å². The quantitative estimate of drug-likeness (QED) is 0.851. The number of nitrogens with zero attached hydrogens (tertiary/aromatic N) is 2. The Kier molecular flexibility index (Phi) is 5.98. The molecule has 0 atom stereocenters. The number of carbonyl (C=O) groups is 1. The zero-order valence-corrected chi connectivity index (χ0v) is 13.6. The van der Waals surface area contributed by atoms with Crippen LogP contribution in [0.4, 0.5) is 0 Å². The first-order chi connectivity index (χ1) is 10.5. The smallest absolute Gasteiger partial charge is 0.234 e. The average Bonchev–Trinajstić information content (AvgIpc) is 2.86. The zero-order chi connectivity index (χ0) is 15.9. The monoisotopic (exact) mass is 321 g/mol. The molecule has 1 N–H and O–H groups in total. The molecule has 0 unspecified atom stereocenters. The van der Waals surface area contributed by atoms with Crippen molar-refractivity contribution >= 4 is 17.5 Å². The van der Waals surface area contributed by atoms with Gasteiger partial charge in [0.1, 0.15) is 5.76 Å². The first kappa shape index (κ1) is 16.5. The predicted octanol–water partition coefficient (Wildman–Crippen LogP) is 2.43. The minimum absolute atomic E-state index is 0.00307. The molecule has 1 heterocycles. The number of nitrogens with one attached hydrogen (secondary N) is 1. The Morgan fingerprint density at radius 2 is 2.09 bits per heavy atom. The highest BCUT2D eigenvalue weighted by Crippen LogP contribution is 2.09. The summed E-state index contributed by atoms with van der Waals surface area (Å²) in [5, 5.41) is 7.54. The molecule has 1 aromatic carbocycles. The highest BCUT2D eigenvalue weighted by atomic mass is 35.5. The topological polar surface area (TPSA) is 58.4 Å². The van der Waals surface area contributed by atoms with Crippen molar-refractivity contribution in [3.05, 3.63) is 52.4 Å². The van der Waals surface area contributed by atoms with E-state index in [9.17, 15) is 4.79 Å². The third-order valence-electron chi connectivity index (χ3n) is 3.17. The molecule has 0 radical (unpaired) electrons. The number of aryl methyl sites for hydroxylation is 1. The molecule has 2 aromatic rings. The van der Waals surface area contributed by atoms with Crippen LogP contribution in [0.1, 0.15) is 17.0 Å². The van der Waals surface area contributed by atoms with Gasteiger partial charge in [0.2, 0.25) is 5.91 Å². The SMILES string of the molecule is Cc1cc(CN(C)CC(=O)NCCc2ccc(Cl)cc2)no1. The lowest BCUT2D eigenvalue weighted by molar-refractivity contribution is -0.122. The van der Waals surface area contributed by atoms with Gasteiger partial charge in [0.05, 0.1) is 12.2 Å². The first-order valence-electron chi connectivity index (χ1n) is 7.15. The molecule has 0 aliphatic heterocycles. The van der Waals surface area contributed by atoms with Crippen LogP contribution in [0.5, 0.6) is 0 Å². The molecule has 0 aliphatic carbocycles. The minimum Gasteiger partial charge on any atom is -0.361 e. The maximum Gasteiger partial charge on any atom is 0.234 e. The summed E-state index contributed by atoms with van der Waals surface area (Å²) in [6, 6.07) is 9.51. The second-order valence-corrected chi connectivity index (χ2v) is 5.76. The Morgan fingerprint density at radius 3 is 2.73 bits per heavy atom. The summed E-state index contributed by atoms with van der Waals surface area (Å²) in [6.07, 6.45) is 0.787. The predicted molar refractivity (Wildman–Crippen MR) is 85.7 cm³/mol. The van der Waals surface area contributed by atoms with Gasteiger partial charge in [0.25, 0.3) is 0 Å². The van der Waals surface area contributed by atoms with Crippen molar-refractivity contribution in [3.8, 4) is 0 Å².